The van der Waals surface area contributed by atoms with E-state index in [0.717, 1.165) is 0 Å². The highest BCUT2D eigenvalue weighted by atomic mass is 16.6. The van der Waals surface area contributed by atoms with Crippen molar-refractivity contribution >= 4 is 17.8 Å². The Bertz CT molecular complexity index is 1020. The lowest BCUT2D eigenvalue weighted by atomic mass is 10.1. The van der Waals surface area contributed by atoms with E-state index >= 15 is 0 Å². The molecular weight excluding hydrogens is 404 g/mol. The van der Waals surface area contributed by atoms with Crippen LogP contribution in [-0.4, -0.2) is 45.8 Å². The summed E-state index contributed by atoms with van der Waals surface area (Å²) in [4.78, 5) is 24.6. The van der Waals surface area contributed by atoms with Crippen molar-refractivity contribution in [1.82, 2.24) is 0 Å². The summed E-state index contributed by atoms with van der Waals surface area (Å²) in [5, 5.41) is 0. The van der Waals surface area contributed by atoms with Gasteiger partial charge in [-0.2, -0.15) is 0 Å². The number of ether oxygens (including phenoxy) is 6. The van der Waals surface area contributed by atoms with Crippen molar-refractivity contribution in [2.75, 3.05) is 27.9 Å². The molecule has 0 aliphatic carbocycles. The molecule has 31 heavy (non-hydrogen) atoms. The molecule has 0 saturated carbocycles. The first kappa shape index (κ1) is 22.0. The lowest BCUT2D eigenvalue weighted by molar-refractivity contribution is -0.150. The number of hydrogen-bond donors (Lipinski definition) is 0. The number of fused-ring (bicyclic) bond motifs is 1. The van der Waals surface area contributed by atoms with Crippen LogP contribution >= 0.6 is 0 Å². The standard InChI is InChI=1S/C23H24O8/c1-6-29-23(25)13(2)30-15-8-9-16-18(12-15)31-19(20(16)24)11-14-7-10-17(26-3)22(28-5)21(14)27-4/h7-13H,6H2,1-5H3/t13-/m0/s1. The summed E-state index contributed by atoms with van der Waals surface area (Å²) in [5.41, 5.74) is 0.977. The first-order chi connectivity index (χ1) is 14.9. The van der Waals surface area contributed by atoms with Gasteiger partial charge in [-0.25, -0.2) is 4.79 Å². The summed E-state index contributed by atoms with van der Waals surface area (Å²) < 4.78 is 32.4. The summed E-state index contributed by atoms with van der Waals surface area (Å²) in [5.74, 6) is 1.41. The predicted octanol–water partition coefficient (Wildman–Crippen LogP) is 3.66. The van der Waals surface area contributed by atoms with Crippen LogP contribution in [-0.2, 0) is 9.53 Å². The summed E-state index contributed by atoms with van der Waals surface area (Å²) in [6.45, 7) is 3.58. The number of carbonyl (C=O) groups is 2. The van der Waals surface area contributed by atoms with Crippen LogP contribution in [0.1, 0.15) is 29.8 Å². The van der Waals surface area contributed by atoms with E-state index in [0.29, 0.717) is 39.9 Å². The number of Topliss-reactive ketones (excluding diaryl/α,β-unsaturated/α-hetero) is 1. The van der Waals surface area contributed by atoms with Crippen LogP contribution in [0.2, 0.25) is 0 Å². The zero-order valence-corrected chi connectivity index (χ0v) is 18.0. The van der Waals surface area contributed by atoms with E-state index in [9.17, 15) is 9.59 Å². The van der Waals surface area contributed by atoms with Crippen molar-refractivity contribution in [3.63, 3.8) is 0 Å². The maximum Gasteiger partial charge on any atom is 0.347 e. The number of methoxy groups -OCH3 is 3. The van der Waals surface area contributed by atoms with E-state index in [1.54, 1.807) is 50.3 Å². The molecule has 1 aliphatic heterocycles. The van der Waals surface area contributed by atoms with Gasteiger partial charge in [0.2, 0.25) is 11.5 Å². The highest BCUT2D eigenvalue weighted by Gasteiger charge is 2.29. The van der Waals surface area contributed by atoms with E-state index in [1.165, 1.54) is 21.3 Å². The minimum atomic E-state index is -0.791. The number of hydrogen-bond acceptors (Lipinski definition) is 8. The monoisotopic (exact) mass is 428 g/mol. The molecule has 0 bridgehead atoms. The van der Waals surface area contributed by atoms with Gasteiger partial charge in [-0.1, -0.05) is 0 Å². The highest BCUT2D eigenvalue weighted by Crippen LogP contribution is 2.42. The van der Waals surface area contributed by atoms with E-state index in [4.69, 9.17) is 28.4 Å². The van der Waals surface area contributed by atoms with Crippen molar-refractivity contribution in [3.8, 4) is 28.7 Å². The van der Waals surface area contributed by atoms with E-state index < -0.39 is 12.1 Å². The summed E-state index contributed by atoms with van der Waals surface area (Å²) in [6, 6.07) is 8.22. The minimum absolute atomic E-state index is 0.121. The lowest BCUT2D eigenvalue weighted by Gasteiger charge is -2.14. The van der Waals surface area contributed by atoms with Crippen molar-refractivity contribution in [3.05, 3.63) is 47.2 Å². The number of esters is 1. The van der Waals surface area contributed by atoms with Gasteiger partial charge in [-0.3, -0.25) is 4.79 Å². The average molecular weight is 428 g/mol. The first-order valence-corrected chi connectivity index (χ1v) is 9.64. The lowest BCUT2D eigenvalue weighted by Crippen LogP contribution is -2.26. The number of carbonyl (C=O) groups excluding carboxylic acids is 2. The van der Waals surface area contributed by atoms with Crippen LogP contribution in [0.15, 0.2) is 36.1 Å². The minimum Gasteiger partial charge on any atom is -0.493 e. The Labute approximate surface area is 180 Å². The normalized spacial score (nSPS) is 14.5. The molecule has 1 heterocycles. The second kappa shape index (κ2) is 9.42. The second-order valence-electron chi connectivity index (χ2n) is 6.53. The third-order valence-corrected chi connectivity index (χ3v) is 4.59. The summed E-state index contributed by atoms with van der Waals surface area (Å²) in [7, 11) is 4.53. The van der Waals surface area contributed by atoms with Crippen molar-refractivity contribution in [2.45, 2.75) is 20.0 Å². The van der Waals surface area contributed by atoms with Gasteiger partial charge < -0.3 is 28.4 Å². The molecule has 0 aromatic heterocycles. The van der Waals surface area contributed by atoms with Crippen molar-refractivity contribution in [2.24, 2.45) is 0 Å². The molecule has 0 N–H and O–H groups in total. The quantitative estimate of drug-likeness (QED) is 0.465. The Morgan fingerprint density at radius 2 is 1.81 bits per heavy atom. The zero-order valence-electron chi connectivity index (χ0n) is 18.0. The molecule has 8 nitrogen and oxygen atoms in total. The molecule has 164 valence electrons. The summed E-state index contributed by atoms with van der Waals surface area (Å²) >= 11 is 0. The number of allylic oxidation sites excluding steroid dienone is 1. The highest BCUT2D eigenvalue weighted by molar-refractivity contribution is 6.14. The topological polar surface area (TPSA) is 89.5 Å². The van der Waals surface area contributed by atoms with E-state index in [2.05, 4.69) is 0 Å². The fourth-order valence-corrected chi connectivity index (χ4v) is 3.13. The van der Waals surface area contributed by atoms with Crippen LogP contribution in [0.4, 0.5) is 0 Å². The fraction of sp³-hybridized carbons (Fsp3) is 0.304. The number of benzene rings is 2. The molecule has 0 spiro atoms. The SMILES string of the molecule is CCOC(=O)[C@H](C)Oc1ccc2c(c1)OC(=Cc1ccc(OC)c(OC)c1OC)C2=O. The van der Waals surface area contributed by atoms with Gasteiger partial charge in [0.05, 0.1) is 33.5 Å². The summed E-state index contributed by atoms with van der Waals surface area (Å²) in [6.07, 6.45) is 0.784. The van der Waals surface area contributed by atoms with Gasteiger partial charge in [-0.05, 0) is 44.2 Å². The van der Waals surface area contributed by atoms with E-state index in [1.807, 2.05) is 0 Å². The number of rotatable bonds is 8. The van der Waals surface area contributed by atoms with Crippen LogP contribution in [0, 0.1) is 0 Å². The van der Waals surface area contributed by atoms with Gasteiger partial charge in [0.25, 0.3) is 0 Å². The molecule has 2 aromatic carbocycles. The largest absolute Gasteiger partial charge is 0.493 e. The molecule has 1 atom stereocenters. The Kier molecular flexibility index (Phi) is 6.69. The Balaban J connectivity index is 1.88. The third kappa shape index (κ3) is 4.42. The Hall–Kier alpha value is -3.68. The van der Waals surface area contributed by atoms with Crippen LogP contribution < -0.4 is 23.7 Å². The first-order valence-electron chi connectivity index (χ1n) is 9.64. The van der Waals surface area contributed by atoms with Gasteiger partial charge >= 0.3 is 5.97 Å². The van der Waals surface area contributed by atoms with Gasteiger partial charge in [0.1, 0.15) is 11.5 Å². The predicted molar refractivity (Wildman–Crippen MR) is 112 cm³/mol. The molecule has 3 rings (SSSR count). The molecule has 0 saturated heterocycles. The third-order valence-electron chi connectivity index (χ3n) is 4.59. The fourth-order valence-electron chi connectivity index (χ4n) is 3.13. The van der Waals surface area contributed by atoms with Crippen LogP contribution in [0.5, 0.6) is 28.7 Å². The molecule has 8 heteroatoms. The van der Waals surface area contributed by atoms with Gasteiger partial charge in [0, 0.05) is 11.6 Å². The second-order valence-corrected chi connectivity index (χ2v) is 6.53. The average Bonchev–Trinajstić information content (AvgIpc) is 3.07. The Morgan fingerprint density at radius 3 is 2.45 bits per heavy atom. The molecule has 0 radical (unpaired) electrons. The molecule has 0 fully saturated rings. The zero-order chi connectivity index (χ0) is 22.5. The molecular formula is C23H24O8. The Morgan fingerprint density at radius 1 is 1.06 bits per heavy atom. The molecule has 2 aromatic rings. The molecule has 0 unspecified atom stereocenters. The smallest absolute Gasteiger partial charge is 0.347 e. The van der Waals surface area contributed by atoms with Crippen LogP contribution in [0.3, 0.4) is 0 Å². The van der Waals surface area contributed by atoms with Gasteiger partial charge in [0.15, 0.2) is 23.4 Å². The maximum absolute atomic E-state index is 12.8. The maximum atomic E-state index is 12.8. The van der Waals surface area contributed by atoms with Crippen LogP contribution in [0.25, 0.3) is 6.08 Å². The van der Waals surface area contributed by atoms with Crippen molar-refractivity contribution in [1.29, 1.82) is 0 Å². The van der Waals surface area contributed by atoms with Gasteiger partial charge in [-0.15, -0.1) is 0 Å². The molecule has 0 amide bonds. The number of ketones is 1. The van der Waals surface area contributed by atoms with Crippen molar-refractivity contribution < 1.29 is 38.0 Å². The molecule has 1 aliphatic rings. The van der Waals surface area contributed by atoms with E-state index in [-0.39, 0.29) is 18.1 Å².